The fraction of sp³-hybridized carbons (Fsp3) is 0.867. The van der Waals surface area contributed by atoms with E-state index in [0.29, 0.717) is 12.2 Å². The van der Waals surface area contributed by atoms with Crippen LogP contribution in [0.15, 0.2) is 12.3 Å². The van der Waals surface area contributed by atoms with Crippen molar-refractivity contribution in [1.29, 1.82) is 0 Å². The van der Waals surface area contributed by atoms with Gasteiger partial charge in [-0.2, -0.15) is 0 Å². The molecule has 0 unspecified atom stereocenters. The lowest BCUT2D eigenvalue weighted by Crippen LogP contribution is -2.37. The number of nitrogens with zero attached hydrogens (tertiary/aromatic N) is 1. The molecule has 2 heteroatoms. The molecular formula is C15H27NO. The summed E-state index contributed by atoms with van der Waals surface area (Å²) in [5.41, 5.74) is 1.20. The zero-order valence-corrected chi connectivity index (χ0v) is 11.5. The third-order valence-corrected chi connectivity index (χ3v) is 4.33. The van der Waals surface area contributed by atoms with E-state index in [9.17, 15) is 0 Å². The van der Waals surface area contributed by atoms with Gasteiger partial charge >= 0.3 is 0 Å². The van der Waals surface area contributed by atoms with E-state index in [1.54, 1.807) is 0 Å². The lowest BCUT2D eigenvalue weighted by atomic mass is 9.88. The molecule has 0 aromatic carbocycles. The zero-order valence-electron chi connectivity index (χ0n) is 11.5. The monoisotopic (exact) mass is 237 g/mol. The number of allylic oxidation sites excluding steroid dienone is 1. The van der Waals surface area contributed by atoms with Gasteiger partial charge in [0.25, 0.3) is 0 Å². The third kappa shape index (κ3) is 3.74. The van der Waals surface area contributed by atoms with Gasteiger partial charge in [0.05, 0.1) is 12.2 Å². The summed E-state index contributed by atoms with van der Waals surface area (Å²) < 4.78 is 6.25. The predicted molar refractivity (Wildman–Crippen MR) is 71.9 cm³/mol. The molecule has 1 saturated carbocycles. The van der Waals surface area contributed by atoms with Crippen LogP contribution in [0.2, 0.25) is 0 Å². The minimum absolute atomic E-state index is 0.504. The first-order valence-corrected chi connectivity index (χ1v) is 7.21. The number of piperidine rings is 1. The Morgan fingerprint density at radius 1 is 1.00 bits per heavy atom. The summed E-state index contributed by atoms with van der Waals surface area (Å²) in [6.45, 7) is 10.7. The summed E-state index contributed by atoms with van der Waals surface area (Å²) in [6, 6.07) is 0. The van der Waals surface area contributed by atoms with Crippen LogP contribution in [0.3, 0.4) is 0 Å². The Bertz CT molecular complexity index is 248. The molecule has 1 heterocycles. The molecule has 1 saturated heterocycles. The van der Waals surface area contributed by atoms with Gasteiger partial charge in [-0.25, -0.2) is 0 Å². The van der Waals surface area contributed by atoms with Gasteiger partial charge in [0.1, 0.15) is 0 Å². The molecule has 0 aromatic heterocycles. The maximum atomic E-state index is 6.25. The lowest BCUT2D eigenvalue weighted by molar-refractivity contribution is -0.0569. The van der Waals surface area contributed by atoms with Gasteiger partial charge in [0, 0.05) is 18.8 Å². The van der Waals surface area contributed by atoms with Crippen LogP contribution in [0, 0.1) is 5.92 Å². The van der Waals surface area contributed by atoms with Crippen molar-refractivity contribution in [3.63, 3.8) is 0 Å². The molecule has 0 N–H and O–H groups in total. The molecule has 2 rings (SSSR count). The van der Waals surface area contributed by atoms with E-state index in [2.05, 4.69) is 25.3 Å². The van der Waals surface area contributed by atoms with Crippen molar-refractivity contribution in [2.75, 3.05) is 13.1 Å². The molecule has 2 fully saturated rings. The smallest absolute Gasteiger partial charge is 0.0612 e. The average Bonchev–Trinajstić information content (AvgIpc) is 2.33. The average molecular weight is 237 g/mol. The van der Waals surface area contributed by atoms with Crippen LogP contribution in [0.5, 0.6) is 0 Å². The standard InChI is InChI=1S/C15H27NO/c1-12(2)16-10-8-15(9-11-16)17-14-6-4-13(3)5-7-14/h13-15H,1,4-11H2,2-3H3. The second-order valence-corrected chi connectivity index (χ2v) is 5.94. The van der Waals surface area contributed by atoms with Crippen molar-refractivity contribution in [3.05, 3.63) is 12.3 Å². The Kier molecular flexibility index (Phi) is 4.49. The third-order valence-electron chi connectivity index (χ3n) is 4.33. The normalized spacial score (nSPS) is 31.5. The molecular weight excluding hydrogens is 210 g/mol. The van der Waals surface area contributed by atoms with Crippen molar-refractivity contribution < 1.29 is 4.74 Å². The molecule has 1 aliphatic carbocycles. The summed E-state index contributed by atoms with van der Waals surface area (Å²) in [5.74, 6) is 0.917. The van der Waals surface area contributed by atoms with Crippen molar-refractivity contribution >= 4 is 0 Å². The van der Waals surface area contributed by atoms with Crippen LogP contribution in [-0.2, 0) is 4.74 Å². The molecule has 2 aliphatic rings. The quantitative estimate of drug-likeness (QED) is 0.744. The first kappa shape index (κ1) is 12.9. The van der Waals surface area contributed by atoms with Gasteiger partial charge in [0.15, 0.2) is 0 Å². The number of ether oxygens (including phenoxy) is 1. The summed E-state index contributed by atoms with van der Waals surface area (Å²) in [6.07, 6.45) is 8.68. The predicted octanol–water partition coefficient (Wildman–Crippen LogP) is 3.58. The van der Waals surface area contributed by atoms with Gasteiger partial charge in [-0.05, 0) is 51.4 Å². The molecule has 0 spiro atoms. The van der Waals surface area contributed by atoms with Crippen LogP contribution >= 0.6 is 0 Å². The minimum Gasteiger partial charge on any atom is -0.375 e. The topological polar surface area (TPSA) is 12.5 Å². The van der Waals surface area contributed by atoms with Gasteiger partial charge in [-0.15, -0.1) is 0 Å². The van der Waals surface area contributed by atoms with E-state index in [1.807, 2.05) is 0 Å². The first-order valence-electron chi connectivity index (χ1n) is 7.21. The highest BCUT2D eigenvalue weighted by atomic mass is 16.5. The maximum absolute atomic E-state index is 6.25. The largest absolute Gasteiger partial charge is 0.375 e. The number of likely N-dealkylation sites (tertiary alicyclic amines) is 1. The van der Waals surface area contributed by atoms with E-state index in [4.69, 9.17) is 4.74 Å². The second-order valence-electron chi connectivity index (χ2n) is 5.94. The Morgan fingerprint density at radius 3 is 2.06 bits per heavy atom. The number of hydrogen-bond donors (Lipinski definition) is 0. The molecule has 17 heavy (non-hydrogen) atoms. The fourth-order valence-corrected chi connectivity index (χ4v) is 3.01. The summed E-state index contributed by atoms with van der Waals surface area (Å²) in [4.78, 5) is 2.38. The van der Waals surface area contributed by atoms with Crippen LogP contribution in [0.4, 0.5) is 0 Å². The van der Waals surface area contributed by atoms with Crippen LogP contribution < -0.4 is 0 Å². The SMILES string of the molecule is C=C(C)N1CCC(OC2CCC(C)CC2)CC1. The molecule has 1 aliphatic heterocycles. The first-order chi connectivity index (χ1) is 8.15. The van der Waals surface area contributed by atoms with Crippen LogP contribution in [0.25, 0.3) is 0 Å². The molecule has 98 valence electrons. The van der Waals surface area contributed by atoms with E-state index in [1.165, 1.54) is 44.2 Å². The van der Waals surface area contributed by atoms with Crippen molar-refractivity contribution in [3.8, 4) is 0 Å². The molecule has 0 radical (unpaired) electrons. The van der Waals surface area contributed by atoms with Gasteiger partial charge in [0.2, 0.25) is 0 Å². The summed E-state index contributed by atoms with van der Waals surface area (Å²) >= 11 is 0. The van der Waals surface area contributed by atoms with Crippen molar-refractivity contribution in [2.45, 2.75) is 64.6 Å². The van der Waals surface area contributed by atoms with Gasteiger partial charge in [-0.1, -0.05) is 13.5 Å². The van der Waals surface area contributed by atoms with E-state index in [0.717, 1.165) is 19.0 Å². The minimum atomic E-state index is 0.504. The summed E-state index contributed by atoms with van der Waals surface area (Å²) in [5, 5.41) is 0. The highest BCUT2D eigenvalue weighted by molar-refractivity contribution is 4.91. The van der Waals surface area contributed by atoms with E-state index < -0.39 is 0 Å². The molecule has 2 nitrogen and oxygen atoms in total. The van der Waals surface area contributed by atoms with Gasteiger partial charge in [-0.3, -0.25) is 0 Å². The van der Waals surface area contributed by atoms with E-state index in [-0.39, 0.29) is 0 Å². The lowest BCUT2D eigenvalue weighted by Gasteiger charge is -2.36. The number of hydrogen-bond acceptors (Lipinski definition) is 2. The maximum Gasteiger partial charge on any atom is 0.0612 e. The summed E-state index contributed by atoms with van der Waals surface area (Å²) in [7, 11) is 0. The van der Waals surface area contributed by atoms with Crippen molar-refractivity contribution in [1.82, 2.24) is 4.90 Å². The molecule has 0 atom stereocenters. The zero-order chi connectivity index (χ0) is 12.3. The fourth-order valence-electron chi connectivity index (χ4n) is 3.01. The Hall–Kier alpha value is -0.500. The molecule has 0 aromatic rings. The van der Waals surface area contributed by atoms with Gasteiger partial charge < -0.3 is 9.64 Å². The second kappa shape index (κ2) is 5.90. The number of rotatable bonds is 3. The van der Waals surface area contributed by atoms with Crippen molar-refractivity contribution in [2.24, 2.45) is 5.92 Å². The molecule has 0 amide bonds. The Labute approximate surface area is 106 Å². The Balaban J connectivity index is 1.69. The highest BCUT2D eigenvalue weighted by Gasteiger charge is 2.25. The Morgan fingerprint density at radius 2 is 1.53 bits per heavy atom. The van der Waals surface area contributed by atoms with Crippen LogP contribution in [-0.4, -0.2) is 30.2 Å². The van der Waals surface area contributed by atoms with Crippen LogP contribution in [0.1, 0.15) is 52.4 Å². The highest BCUT2D eigenvalue weighted by Crippen LogP contribution is 2.28. The molecule has 0 bridgehead atoms. The van der Waals surface area contributed by atoms with E-state index >= 15 is 0 Å².